The van der Waals surface area contributed by atoms with Gasteiger partial charge in [-0.1, -0.05) is 48.5 Å². The Balaban J connectivity index is 1.69. The summed E-state index contributed by atoms with van der Waals surface area (Å²) in [6.45, 7) is 0.308. The third-order valence-electron chi connectivity index (χ3n) is 4.19. The number of imidazole rings is 1. The molecule has 0 amide bonds. The normalized spacial score (nSPS) is 10.7. The van der Waals surface area contributed by atoms with Crippen molar-refractivity contribution in [2.45, 2.75) is 13.0 Å². The first-order valence-corrected chi connectivity index (χ1v) is 8.65. The molecule has 2 aromatic heterocycles. The molecule has 6 nitrogen and oxygen atoms in total. The van der Waals surface area contributed by atoms with Gasteiger partial charge in [0.25, 0.3) is 0 Å². The predicted molar refractivity (Wildman–Crippen MR) is 104 cm³/mol. The number of nitrogens with two attached hydrogens (primary N) is 1. The lowest BCUT2D eigenvalue weighted by molar-refractivity contribution is 0.304. The Morgan fingerprint density at radius 3 is 2.37 bits per heavy atom. The van der Waals surface area contributed by atoms with Crippen molar-refractivity contribution in [3.8, 4) is 11.7 Å². The zero-order valence-corrected chi connectivity index (χ0v) is 14.7. The van der Waals surface area contributed by atoms with Gasteiger partial charge in [-0.3, -0.25) is 4.57 Å². The minimum atomic E-state index is 0.308. The van der Waals surface area contributed by atoms with Gasteiger partial charge in [0.2, 0.25) is 5.95 Å². The van der Waals surface area contributed by atoms with Crippen LogP contribution in [-0.2, 0) is 13.0 Å². The molecule has 0 aliphatic rings. The lowest BCUT2D eigenvalue weighted by Gasteiger charge is -2.14. The van der Waals surface area contributed by atoms with E-state index in [-0.39, 0.29) is 0 Å². The Bertz CT molecular complexity index is 1000. The zero-order chi connectivity index (χ0) is 18.5. The summed E-state index contributed by atoms with van der Waals surface area (Å²) >= 11 is 0. The molecule has 0 saturated carbocycles. The van der Waals surface area contributed by atoms with Crippen LogP contribution < -0.4 is 10.5 Å². The fourth-order valence-corrected chi connectivity index (χ4v) is 2.79. The van der Waals surface area contributed by atoms with E-state index in [9.17, 15) is 0 Å². The Kier molecular flexibility index (Phi) is 4.78. The molecule has 2 heterocycles. The van der Waals surface area contributed by atoms with E-state index in [1.165, 1.54) is 0 Å². The third-order valence-corrected chi connectivity index (χ3v) is 4.19. The van der Waals surface area contributed by atoms with E-state index in [1.54, 1.807) is 23.3 Å². The molecule has 0 saturated heterocycles. The maximum Gasteiger partial charge on any atom is 0.237 e. The molecule has 0 atom stereocenters. The van der Waals surface area contributed by atoms with Gasteiger partial charge in [0.1, 0.15) is 24.5 Å². The van der Waals surface area contributed by atoms with E-state index < -0.39 is 0 Å². The number of benzene rings is 2. The summed E-state index contributed by atoms with van der Waals surface area (Å²) in [7, 11) is 0. The Morgan fingerprint density at radius 1 is 0.926 bits per heavy atom. The number of nitrogens with zero attached hydrogens (tertiary/aromatic N) is 4. The highest BCUT2D eigenvalue weighted by molar-refractivity contribution is 5.46. The molecule has 4 rings (SSSR count). The first-order valence-electron chi connectivity index (χ1n) is 8.65. The summed E-state index contributed by atoms with van der Waals surface area (Å²) in [5, 5.41) is 0. The molecule has 2 N–H and O–H groups in total. The van der Waals surface area contributed by atoms with Gasteiger partial charge < -0.3 is 10.5 Å². The van der Waals surface area contributed by atoms with Gasteiger partial charge >= 0.3 is 0 Å². The number of rotatable bonds is 6. The van der Waals surface area contributed by atoms with E-state index in [1.807, 2.05) is 48.5 Å². The molecule has 4 aromatic rings. The topological polar surface area (TPSA) is 78.9 Å². The van der Waals surface area contributed by atoms with Gasteiger partial charge in [0, 0.05) is 18.8 Å². The second-order valence-electron chi connectivity index (χ2n) is 6.07. The molecule has 0 bridgehead atoms. The second-order valence-corrected chi connectivity index (χ2v) is 6.07. The maximum absolute atomic E-state index is 6.28. The highest BCUT2D eigenvalue weighted by atomic mass is 16.5. The molecule has 0 fully saturated rings. The van der Waals surface area contributed by atoms with Crippen molar-refractivity contribution in [2.75, 3.05) is 5.73 Å². The molecule has 0 radical (unpaired) electrons. The van der Waals surface area contributed by atoms with Crippen LogP contribution in [0.25, 0.3) is 5.95 Å². The number of aromatic nitrogens is 4. The molecule has 0 aliphatic carbocycles. The fourth-order valence-electron chi connectivity index (χ4n) is 2.79. The fraction of sp³-hybridized carbons (Fsp3) is 0.0952. The summed E-state index contributed by atoms with van der Waals surface area (Å²) in [5.74, 6) is 1.69. The van der Waals surface area contributed by atoms with Crippen molar-refractivity contribution in [1.29, 1.82) is 0 Å². The van der Waals surface area contributed by atoms with E-state index in [0.717, 1.165) is 22.6 Å². The van der Waals surface area contributed by atoms with Crippen molar-refractivity contribution in [2.24, 2.45) is 0 Å². The van der Waals surface area contributed by atoms with E-state index in [4.69, 9.17) is 15.5 Å². The molecule has 0 aliphatic heterocycles. The van der Waals surface area contributed by atoms with Crippen molar-refractivity contribution < 1.29 is 4.74 Å². The van der Waals surface area contributed by atoms with Crippen LogP contribution >= 0.6 is 0 Å². The summed E-state index contributed by atoms with van der Waals surface area (Å²) in [6, 6.07) is 19.8. The number of hydrogen-bond donors (Lipinski definition) is 1. The van der Waals surface area contributed by atoms with Crippen LogP contribution in [0.15, 0.2) is 79.4 Å². The van der Waals surface area contributed by atoms with Crippen LogP contribution in [0.1, 0.15) is 16.8 Å². The van der Waals surface area contributed by atoms with Crippen molar-refractivity contribution in [1.82, 2.24) is 19.5 Å². The molecule has 134 valence electrons. The van der Waals surface area contributed by atoms with Gasteiger partial charge in [-0.05, 0) is 17.7 Å². The van der Waals surface area contributed by atoms with Gasteiger partial charge in [-0.15, -0.1) is 0 Å². The first-order chi connectivity index (χ1) is 13.3. The maximum atomic E-state index is 6.28. The molecule has 6 heteroatoms. The van der Waals surface area contributed by atoms with Gasteiger partial charge in [0.05, 0.1) is 11.3 Å². The van der Waals surface area contributed by atoms with E-state index >= 15 is 0 Å². The number of anilines is 1. The Morgan fingerprint density at radius 2 is 1.67 bits per heavy atom. The van der Waals surface area contributed by atoms with E-state index in [0.29, 0.717) is 24.8 Å². The average molecular weight is 357 g/mol. The van der Waals surface area contributed by atoms with Crippen molar-refractivity contribution >= 4 is 5.82 Å². The summed E-state index contributed by atoms with van der Waals surface area (Å²) in [4.78, 5) is 13.2. The minimum absolute atomic E-state index is 0.308. The lowest BCUT2D eigenvalue weighted by Crippen LogP contribution is -2.13. The molecule has 27 heavy (non-hydrogen) atoms. The number of para-hydroxylation sites is 1. The van der Waals surface area contributed by atoms with E-state index in [2.05, 4.69) is 22.1 Å². The Hall–Kier alpha value is -3.67. The molecular weight excluding hydrogens is 338 g/mol. The number of hydrogen-bond acceptors (Lipinski definition) is 5. The molecule has 2 aromatic carbocycles. The van der Waals surface area contributed by atoms with Gasteiger partial charge in [-0.2, -0.15) is 4.98 Å². The summed E-state index contributed by atoms with van der Waals surface area (Å²) < 4.78 is 7.65. The highest BCUT2D eigenvalue weighted by Crippen LogP contribution is 2.21. The summed E-state index contributed by atoms with van der Waals surface area (Å²) in [5.41, 5.74) is 9.07. The van der Waals surface area contributed by atoms with Gasteiger partial charge in [0.15, 0.2) is 0 Å². The average Bonchev–Trinajstić information content (AvgIpc) is 3.24. The SMILES string of the molecule is Nc1nc(-n2ccnc2)nc(Cc2ccccc2)c1COc1ccccc1. The second kappa shape index (κ2) is 7.70. The molecule has 0 spiro atoms. The Labute approximate surface area is 157 Å². The summed E-state index contributed by atoms with van der Waals surface area (Å²) in [6.07, 6.45) is 5.77. The largest absolute Gasteiger partial charge is 0.489 e. The minimum Gasteiger partial charge on any atom is -0.489 e. The van der Waals surface area contributed by atoms with Gasteiger partial charge in [-0.25, -0.2) is 9.97 Å². The van der Waals surface area contributed by atoms with Crippen LogP contribution in [0.2, 0.25) is 0 Å². The standard InChI is InChI=1S/C21H19N5O/c22-20-18(14-27-17-9-5-2-6-10-17)19(13-16-7-3-1-4-8-16)24-21(25-20)26-12-11-23-15-26/h1-12,15H,13-14H2,(H2,22,24,25). The van der Waals surface area contributed by atoms with Crippen LogP contribution in [0.4, 0.5) is 5.82 Å². The third kappa shape index (κ3) is 3.95. The van der Waals surface area contributed by atoms with Crippen molar-refractivity contribution in [3.63, 3.8) is 0 Å². The van der Waals surface area contributed by atoms with Crippen LogP contribution in [0, 0.1) is 0 Å². The number of nitrogen functional groups attached to an aromatic ring is 1. The van der Waals surface area contributed by atoms with Crippen LogP contribution in [0.5, 0.6) is 5.75 Å². The lowest BCUT2D eigenvalue weighted by atomic mass is 10.1. The monoisotopic (exact) mass is 357 g/mol. The van der Waals surface area contributed by atoms with Crippen molar-refractivity contribution in [3.05, 3.63) is 96.2 Å². The predicted octanol–water partition coefficient (Wildman–Crippen LogP) is 3.41. The smallest absolute Gasteiger partial charge is 0.237 e. The highest BCUT2D eigenvalue weighted by Gasteiger charge is 2.15. The zero-order valence-electron chi connectivity index (χ0n) is 14.7. The van der Waals surface area contributed by atoms with Crippen LogP contribution in [0.3, 0.4) is 0 Å². The number of ether oxygens (including phenoxy) is 1. The molecular formula is C21H19N5O. The van der Waals surface area contributed by atoms with Crippen LogP contribution in [-0.4, -0.2) is 19.5 Å². The molecule has 0 unspecified atom stereocenters. The first kappa shape index (κ1) is 16.8. The quantitative estimate of drug-likeness (QED) is 0.572.